The average molecular weight is 419 g/mol. The van der Waals surface area contributed by atoms with E-state index >= 15 is 0 Å². The molecule has 2 aromatic rings. The average Bonchev–Trinajstić information content (AvgIpc) is 2.71. The Morgan fingerprint density at radius 1 is 1.00 bits per heavy atom. The van der Waals surface area contributed by atoms with E-state index in [1.807, 2.05) is 0 Å². The summed E-state index contributed by atoms with van der Waals surface area (Å²) in [4.78, 5) is 37.8. The van der Waals surface area contributed by atoms with Gasteiger partial charge in [-0.2, -0.15) is 0 Å². The fraction of sp³-hybridized carbons (Fsp3) is 0.286. The largest absolute Gasteiger partial charge is 0.452 e. The lowest BCUT2D eigenvalue weighted by Gasteiger charge is -2.22. The molecule has 2 rings (SSSR count). The van der Waals surface area contributed by atoms with Crippen molar-refractivity contribution in [3.8, 4) is 0 Å². The predicted molar refractivity (Wildman–Crippen MR) is 108 cm³/mol. The summed E-state index contributed by atoms with van der Waals surface area (Å²) in [5, 5.41) is 5.03. The molecule has 0 radical (unpaired) electrons. The number of nitrogens with one attached hydrogen (secondary N) is 2. The van der Waals surface area contributed by atoms with Crippen molar-refractivity contribution in [2.45, 2.75) is 19.9 Å². The summed E-state index contributed by atoms with van der Waals surface area (Å²) in [5.74, 6) is -3.95. The van der Waals surface area contributed by atoms with Crippen LogP contribution >= 0.6 is 0 Å². The molecule has 30 heavy (non-hydrogen) atoms. The van der Waals surface area contributed by atoms with E-state index in [9.17, 15) is 23.2 Å². The first kappa shape index (κ1) is 22.8. The molecule has 0 aromatic heterocycles. The molecule has 2 N–H and O–H groups in total. The molecule has 0 aliphatic heterocycles. The van der Waals surface area contributed by atoms with E-state index in [0.29, 0.717) is 11.4 Å². The smallest absolute Gasteiger partial charge is 0.413 e. The highest BCUT2D eigenvalue weighted by molar-refractivity contribution is 6.01. The molecule has 1 atom stereocenters. The van der Waals surface area contributed by atoms with E-state index in [0.717, 1.165) is 18.2 Å². The monoisotopic (exact) mass is 419 g/mol. The van der Waals surface area contributed by atoms with Crippen molar-refractivity contribution in [2.75, 3.05) is 24.4 Å². The topological polar surface area (TPSA) is 87.7 Å². The van der Waals surface area contributed by atoms with Crippen LogP contribution in [0, 0.1) is 17.6 Å². The number of anilines is 2. The van der Waals surface area contributed by atoms with Crippen molar-refractivity contribution in [1.29, 1.82) is 0 Å². The molecule has 0 heterocycles. The number of methoxy groups -OCH3 is 1. The quantitative estimate of drug-likeness (QED) is 0.750. The summed E-state index contributed by atoms with van der Waals surface area (Å²) >= 11 is 0. The predicted octanol–water partition coefficient (Wildman–Crippen LogP) is 3.56. The Hall–Kier alpha value is -3.49. The van der Waals surface area contributed by atoms with E-state index in [4.69, 9.17) is 0 Å². The maximum Gasteiger partial charge on any atom is 0.413 e. The molecule has 7 nitrogen and oxygen atoms in total. The Bertz CT molecular complexity index is 912. The van der Waals surface area contributed by atoms with Gasteiger partial charge in [-0.3, -0.25) is 14.5 Å². The van der Waals surface area contributed by atoms with Crippen LogP contribution in [0.3, 0.4) is 0 Å². The first-order valence-electron chi connectivity index (χ1n) is 9.13. The van der Waals surface area contributed by atoms with Crippen molar-refractivity contribution < 1.29 is 27.9 Å². The van der Waals surface area contributed by atoms with Crippen molar-refractivity contribution in [3.63, 3.8) is 0 Å². The third-order valence-electron chi connectivity index (χ3n) is 4.40. The minimum atomic E-state index is -1.03. The second kappa shape index (κ2) is 9.82. The molecule has 0 spiro atoms. The van der Waals surface area contributed by atoms with Gasteiger partial charge in [-0.1, -0.05) is 19.9 Å². The van der Waals surface area contributed by atoms with Gasteiger partial charge in [0.2, 0.25) is 5.91 Å². The van der Waals surface area contributed by atoms with Gasteiger partial charge in [0.05, 0.1) is 7.11 Å². The van der Waals surface area contributed by atoms with E-state index in [1.165, 1.54) is 19.1 Å². The van der Waals surface area contributed by atoms with Crippen LogP contribution < -0.4 is 15.5 Å². The third kappa shape index (κ3) is 5.31. The van der Waals surface area contributed by atoms with E-state index < -0.39 is 41.1 Å². The van der Waals surface area contributed by atoms with Gasteiger partial charge in [0.25, 0.3) is 5.91 Å². The van der Waals surface area contributed by atoms with Gasteiger partial charge in [-0.25, -0.2) is 13.6 Å². The lowest BCUT2D eigenvalue weighted by molar-refractivity contribution is -0.118. The summed E-state index contributed by atoms with van der Waals surface area (Å²) in [6, 6.07) is 8.40. The normalized spacial score (nSPS) is 11.6. The van der Waals surface area contributed by atoms with Crippen LogP contribution in [0.4, 0.5) is 25.0 Å². The molecule has 0 aliphatic rings. The van der Waals surface area contributed by atoms with Gasteiger partial charge in [0.1, 0.15) is 23.2 Å². The molecular weight excluding hydrogens is 396 g/mol. The Morgan fingerprint density at radius 2 is 1.57 bits per heavy atom. The Labute approximate surface area is 173 Å². The molecule has 0 saturated carbocycles. The summed E-state index contributed by atoms with van der Waals surface area (Å²) in [5.41, 5.74) is 0.216. The molecule has 0 aliphatic carbocycles. The standard InChI is InChI=1S/C21H23F2N3O4/c1-12(2)18(25-19(27)17-15(22)6-5-7-16(17)23)20(28)24-13-8-10-14(11-9-13)26(3)21(29)30-4/h5-12,18H,1-4H3,(H,24,28)(H,25,27). The molecule has 0 fully saturated rings. The second-order valence-electron chi connectivity index (χ2n) is 6.86. The van der Waals surface area contributed by atoms with Crippen molar-refractivity contribution in [1.82, 2.24) is 5.32 Å². The van der Waals surface area contributed by atoms with Crippen LogP contribution in [0.2, 0.25) is 0 Å². The van der Waals surface area contributed by atoms with Gasteiger partial charge in [0.15, 0.2) is 0 Å². The fourth-order valence-corrected chi connectivity index (χ4v) is 2.69. The zero-order valence-corrected chi connectivity index (χ0v) is 17.0. The summed E-state index contributed by atoms with van der Waals surface area (Å²) in [7, 11) is 2.80. The molecule has 1 unspecified atom stereocenters. The first-order valence-corrected chi connectivity index (χ1v) is 9.13. The zero-order chi connectivity index (χ0) is 22.4. The molecule has 2 aromatic carbocycles. The highest BCUT2D eigenvalue weighted by Gasteiger charge is 2.27. The lowest BCUT2D eigenvalue weighted by Crippen LogP contribution is -2.47. The van der Waals surface area contributed by atoms with Crippen LogP contribution in [0.1, 0.15) is 24.2 Å². The number of ether oxygens (including phenoxy) is 1. The molecule has 9 heteroatoms. The lowest BCUT2D eigenvalue weighted by atomic mass is 10.0. The number of amides is 3. The van der Waals surface area contributed by atoms with E-state index in [-0.39, 0.29) is 5.92 Å². The highest BCUT2D eigenvalue weighted by atomic mass is 19.1. The number of carbonyl (C=O) groups is 3. The number of nitrogens with zero attached hydrogens (tertiary/aromatic N) is 1. The van der Waals surface area contributed by atoms with Crippen LogP contribution in [-0.4, -0.2) is 38.1 Å². The number of carbonyl (C=O) groups excluding carboxylic acids is 3. The third-order valence-corrected chi connectivity index (χ3v) is 4.40. The van der Waals surface area contributed by atoms with Gasteiger partial charge in [0, 0.05) is 18.4 Å². The molecular formula is C21H23F2N3O4. The van der Waals surface area contributed by atoms with Crippen molar-refractivity contribution >= 4 is 29.3 Å². The Balaban J connectivity index is 2.12. The van der Waals surface area contributed by atoms with Gasteiger partial charge in [-0.05, 0) is 42.3 Å². The minimum absolute atomic E-state index is 0.353. The maximum atomic E-state index is 13.8. The van der Waals surface area contributed by atoms with E-state index in [1.54, 1.807) is 38.1 Å². The van der Waals surface area contributed by atoms with Crippen molar-refractivity contribution in [2.24, 2.45) is 5.92 Å². The molecule has 0 bridgehead atoms. The Morgan fingerprint density at radius 3 is 2.07 bits per heavy atom. The minimum Gasteiger partial charge on any atom is -0.452 e. The summed E-state index contributed by atoms with van der Waals surface area (Å²) in [6.07, 6.45) is -0.547. The fourth-order valence-electron chi connectivity index (χ4n) is 2.69. The van der Waals surface area contributed by atoms with Crippen LogP contribution in [0.25, 0.3) is 0 Å². The highest BCUT2D eigenvalue weighted by Crippen LogP contribution is 2.19. The SMILES string of the molecule is COC(=O)N(C)c1ccc(NC(=O)C(NC(=O)c2c(F)cccc2F)C(C)C)cc1. The maximum absolute atomic E-state index is 13.8. The first-order chi connectivity index (χ1) is 14.1. The van der Waals surface area contributed by atoms with Crippen LogP contribution in [0.5, 0.6) is 0 Å². The van der Waals surface area contributed by atoms with Crippen LogP contribution in [-0.2, 0) is 9.53 Å². The molecule has 3 amide bonds. The summed E-state index contributed by atoms with van der Waals surface area (Å²) in [6.45, 7) is 3.38. The Kier molecular flexibility index (Phi) is 7.46. The van der Waals surface area contributed by atoms with Gasteiger partial charge >= 0.3 is 6.09 Å². The van der Waals surface area contributed by atoms with Crippen molar-refractivity contribution in [3.05, 3.63) is 59.7 Å². The van der Waals surface area contributed by atoms with E-state index in [2.05, 4.69) is 15.4 Å². The number of hydrogen-bond donors (Lipinski definition) is 2. The number of halogens is 2. The summed E-state index contributed by atoms with van der Waals surface area (Å²) < 4.78 is 32.3. The van der Waals surface area contributed by atoms with Crippen LogP contribution in [0.15, 0.2) is 42.5 Å². The molecule has 160 valence electrons. The molecule has 0 saturated heterocycles. The number of rotatable bonds is 6. The zero-order valence-electron chi connectivity index (χ0n) is 17.0. The second-order valence-corrected chi connectivity index (χ2v) is 6.86. The number of benzene rings is 2. The van der Waals surface area contributed by atoms with Gasteiger partial charge in [-0.15, -0.1) is 0 Å². The van der Waals surface area contributed by atoms with Gasteiger partial charge < -0.3 is 15.4 Å². The number of hydrogen-bond acceptors (Lipinski definition) is 4.